The lowest BCUT2D eigenvalue weighted by Crippen LogP contribution is -2.17. The van der Waals surface area contributed by atoms with Crippen molar-refractivity contribution in [1.29, 1.82) is 0 Å². The third kappa shape index (κ3) is 4.66. The number of hydrogen-bond donors (Lipinski definition) is 1. The summed E-state index contributed by atoms with van der Waals surface area (Å²) in [6.45, 7) is 1.80. The molecule has 1 N–H and O–H groups in total. The van der Waals surface area contributed by atoms with E-state index in [4.69, 9.17) is 25.6 Å². The number of esters is 1. The van der Waals surface area contributed by atoms with Gasteiger partial charge in [0.05, 0.1) is 18.2 Å². The Morgan fingerprint density at radius 3 is 2.84 bits per heavy atom. The molecule has 0 saturated carbocycles. The summed E-state index contributed by atoms with van der Waals surface area (Å²) in [5, 5.41) is 7.82. The molecule has 0 spiro atoms. The SMILES string of the molecule is COC(=O)c1c(NC(=O)c2noc(C)c2COc2cccc(Cl)c2)sc2c1CCCCC2. The molecular formula is C23H23ClN2O5S. The molecule has 9 heteroatoms. The van der Waals surface area contributed by atoms with Crippen LogP contribution < -0.4 is 10.1 Å². The summed E-state index contributed by atoms with van der Waals surface area (Å²) in [4.78, 5) is 26.7. The van der Waals surface area contributed by atoms with E-state index in [0.717, 1.165) is 42.5 Å². The Balaban J connectivity index is 1.58. The molecule has 0 saturated heterocycles. The average Bonchev–Trinajstić information content (AvgIpc) is 3.22. The number of benzene rings is 1. The zero-order valence-electron chi connectivity index (χ0n) is 17.8. The molecule has 2 aromatic heterocycles. The fourth-order valence-electron chi connectivity index (χ4n) is 3.76. The second-order valence-corrected chi connectivity index (χ2v) is 9.07. The number of methoxy groups -OCH3 is 1. The predicted octanol–water partition coefficient (Wildman–Crippen LogP) is 5.58. The number of carbonyl (C=O) groups is 2. The number of amides is 1. The molecule has 0 radical (unpaired) electrons. The van der Waals surface area contributed by atoms with Gasteiger partial charge in [0.15, 0.2) is 5.69 Å². The first-order valence-corrected chi connectivity index (χ1v) is 11.5. The molecule has 1 aromatic carbocycles. The van der Waals surface area contributed by atoms with E-state index in [1.807, 2.05) is 0 Å². The van der Waals surface area contributed by atoms with Gasteiger partial charge in [0.1, 0.15) is 23.1 Å². The Morgan fingerprint density at radius 1 is 1.25 bits per heavy atom. The average molecular weight is 475 g/mol. The highest BCUT2D eigenvalue weighted by Gasteiger charge is 2.28. The molecular weight excluding hydrogens is 452 g/mol. The predicted molar refractivity (Wildman–Crippen MR) is 122 cm³/mol. The zero-order valence-corrected chi connectivity index (χ0v) is 19.4. The number of thiophene rings is 1. The number of hydrogen-bond acceptors (Lipinski definition) is 7. The van der Waals surface area contributed by atoms with E-state index >= 15 is 0 Å². The number of fused-ring (bicyclic) bond motifs is 1. The highest BCUT2D eigenvalue weighted by Crippen LogP contribution is 2.38. The van der Waals surface area contributed by atoms with Crippen LogP contribution in [0.1, 0.15) is 61.9 Å². The van der Waals surface area contributed by atoms with Gasteiger partial charge in [0.25, 0.3) is 5.91 Å². The van der Waals surface area contributed by atoms with Crippen LogP contribution in [0.25, 0.3) is 0 Å². The minimum atomic E-state index is -0.465. The maximum Gasteiger partial charge on any atom is 0.341 e. The summed E-state index contributed by atoms with van der Waals surface area (Å²) >= 11 is 7.43. The summed E-state index contributed by atoms with van der Waals surface area (Å²) in [6.07, 6.45) is 4.89. The first-order chi connectivity index (χ1) is 15.5. The quantitative estimate of drug-likeness (QED) is 0.370. The van der Waals surface area contributed by atoms with Crippen molar-refractivity contribution >= 4 is 39.8 Å². The molecule has 0 bridgehead atoms. The van der Waals surface area contributed by atoms with E-state index in [0.29, 0.717) is 32.7 Å². The second kappa shape index (κ2) is 9.75. The lowest BCUT2D eigenvalue weighted by Gasteiger charge is -2.08. The van der Waals surface area contributed by atoms with Crippen LogP contribution in [0, 0.1) is 6.92 Å². The minimum Gasteiger partial charge on any atom is -0.489 e. The van der Waals surface area contributed by atoms with Gasteiger partial charge in [-0.3, -0.25) is 4.79 Å². The Morgan fingerprint density at radius 2 is 2.06 bits per heavy atom. The fourth-order valence-corrected chi connectivity index (χ4v) is 5.22. The molecule has 3 aromatic rings. The molecule has 1 aliphatic carbocycles. The zero-order chi connectivity index (χ0) is 22.7. The molecule has 32 heavy (non-hydrogen) atoms. The topological polar surface area (TPSA) is 90.7 Å². The molecule has 0 aliphatic heterocycles. The van der Waals surface area contributed by atoms with Crippen LogP contribution in [0.3, 0.4) is 0 Å². The van der Waals surface area contributed by atoms with Crippen molar-refractivity contribution in [2.45, 2.75) is 45.6 Å². The van der Waals surface area contributed by atoms with Gasteiger partial charge in [-0.25, -0.2) is 4.79 Å². The number of ether oxygens (including phenoxy) is 2. The van der Waals surface area contributed by atoms with E-state index in [-0.39, 0.29) is 12.3 Å². The largest absolute Gasteiger partial charge is 0.489 e. The summed E-state index contributed by atoms with van der Waals surface area (Å²) in [5.74, 6) is 0.139. The van der Waals surface area contributed by atoms with Gasteiger partial charge in [-0.1, -0.05) is 29.2 Å². The lowest BCUT2D eigenvalue weighted by molar-refractivity contribution is 0.0601. The number of rotatable bonds is 6. The normalized spacial score (nSPS) is 13.2. The van der Waals surface area contributed by atoms with E-state index < -0.39 is 11.9 Å². The lowest BCUT2D eigenvalue weighted by atomic mass is 10.1. The highest BCUT2D eigenvalue weighted by atomic mass is 35.5. The smallest absolute Gasteiger partial charge is 0.341 e. The van der Waals surface area contributed by atoms with E-state index in [2.05, 4.69) is 10.5 Å². The number of aryl methyl sites for hydroxylation is 2. The van der Waals surface area contributed by atoms with E-state index in [1.54, 1.807) is 31.2 Å². The maximum atomic E-state index is 13.1. The Kier molecular flexibility index (Phi) is 6.81. The molecule has 0 atom stereocenters. The van der Waals surface area contributed by atoms with Crippen molar-refractivity contribution in [3.05, 3.63) is 62.3 Å². The Hall–Kier alpha value is -2.84. The van der Waals surface area contributed by atoms with Crippen molar-refractivity contribution in [1.82, 2.24) is 5.16 Å². The molecule has 168 valence electrons. The Labute approximate surface area is 194 Å². The fraction of sp³-hybridized carbons (Fsp3) is 0.348. The second-order valence-electron chi connectivity index (χ2n) is 7.53. The van der Waals surface area contributed by atoms with Gasteiger partial charge >= 0.3 is 5.97 Å². The monoisotopic (exact) mass is 474 g/mol. The highest BCUT2D eigenvalue weighted by molar-refractivity contribution is 7.17. The minimum absolute atomic E-state index is 0.0865. The van der Waals surface area contributed by atoms with E-state index in [9.17, 15) is 9.59 Å². The summed E-state index contributed by atoms with van der Waals surface area (Å²) < 4.78 is 16.0. The summed E-state index contributed by atoms with van der Waals surface area (Å²) in [7, 11) is 1.35. The van der Waals surface area contributed by atoms with Gasteiger partial charge < -0.3 is 19.3 Å². The number of anilines is 1. The van der Waals surface area contributed by atoms with Crippen LogP contribution in [0.4, 0.5) is 5.00 Å². The molecule has 1 aliphatic rings. The third-order valence-electron chi connectivity index (χ3n) is 5.42. The first-order valence-electron chi connectivity index (χ1n) is 10.4. The molecule has 2 heterocycles. The van der Waals surface area contributed by atoms with Gasteiger partial charge in [0.2, 0.25) is 0 Å². The van der Waals surface area contributed by atoms with Crippen LogP contribution >= 0.6 is 22.9 Å². The summed E-state index contributed by atoms with van der Waals surface area (Å²) in [5.41, 5.74) is 2.07. The number of nitrogens with one attached hydrogen (secondary N) is 1. The molecule has 0 fully saturated rings. The van der Waals surface area contributed by atoms with Crippen molar-refractivity contribution in [2.24, 2.45) is 0 Å². The van der Waals surface area contributed by atoms with Crippen LogP contribution in [0.15, 0.2) is 28.8 Å². The first kappa shape index (κ1) is 22.4. The van der Waals surface area contributed by atoms with Crippen molar-refractivity contribution < 1.29 is 23.6 Å². The number of carbonyl (C=O) groups excluding carboxylic acids is 2. The van der Waals surface area contributed by atoms with Crippen LogP contribution in [0.2, 0.25) is 5.02 Å². The van der Waals surface area contributed by atoms with Crippen LogP contribution in [-0.2, 0) is 24.2 Å². The number of halogens is 1. The van der Waals surface area contributed by atoms with Crippen LogP contribution in [-0.4, -0.2) is 24.1 Å². The Bertz CT molecular complexity index is 1150. The summed E-state index contributed by atoms with van der Waals surface area (Å²) in [6, 6.07) is 6.99. The number of nitrogens with zero attached hydrogens (tertiary/aromatic N) is 1. The van der Waals surface area contributed by atoms with Crippen molar-refractivity contribution in [2.75, 3.05) is 12.4 Å². The van der Waals surface area contributed by atoms with Gasteiger partial charge in [-0.15, -0.1) is 11.3 Å². The van der Waals surface area contributed by atoms with Gasteiger partial charge in [0, 0.05) is 9.90 Å². The maximum absolute atomic E-state index is 13.1. The van der Waals surface area contributed by atoms with Crippen LogP contribution in [0.5, 0.6) is 5.75 Å². The van der Waals surface area contributed by atoms with Gasteiger partial charge in [-0.2, -0.15) is 0 Å². The molecule has 0 unspecified atom stereocenters. The molecule has 1 amide bonds. The van der Waals surface area contributed by atoms with Crippen molar-refractivity contribution in [3.63, 3.8) is 0 Å². The van der Waals surface area contributed by atoms with Crippen molar-refractivity contribution in [3.8, 4) is 5.75 Å². The van der Waals surface area contributed by atoms with Gasteiger partial charge in [-0.05, 0) is 56.4 Å². The molecule has 4 rings (SSSR count). The number of aromatic nitrogens is 1. The molecule has 7 nitrogen and oxygen atoms in total. The standard InChI is InChI=1S/C23H23ClN2O5S/c1-13-17(12-30-15-8-6-7-14(24)11-15)20(26-31-13)21(27)25-22-19(23(28)29-2)16-9-4-3-5-10-18(16)32-22/h6-8,11H,3-5,9-10,12H2,1-2H3,(H,25,27). The van der Waals surface area contributed by atoms with E-state index in [1.165, 1.54) is 18.4 Å². The third-order valence-corrected chi connectivity index (χ3v) is 6.86.